The van der Waals surface area contributed by atoms with Crippen molar-refractivity contribution in [3.8, 4) is 17.2 Å². The summed E-state index contributed by atoms with van der Waals surface area (Å²) in [5.41, 5.74) is -1.87. The molecule has 1 atom stereocenters. The van der Waals surface area contributed by atoms with Crippen molar-refractivity contribution in [2.24, 2.45) is 0 Å². The van der Waals surface area contributed by atoms with Crippen LogP contribution in [0.25, 0.3) is 16.5 Å². The first-order valence-electron chi connectivity index (χ1n) is 14.4. The van der Waals surface area contributed by atoms with Crippen molar-refractivity contribution in [2.75, 3.05) is 26.2 Å². The minimum absolute atomic E-state index is 0.150. The van der Waals surface area contributed by atoms with Crippen molar-refractivity contribution in [3.05, 3.63) is 99.2 Å². The summed E-state index contributed by atoms with van der Waals surface area (Å²) < 4.78 is 68.8. The van der Waals surface area contributed by atoms with E-state index in [-0.39, 0.29) is 36.5 Å². The lowest BCUT2D eigenvalue weighted by Gasteiger charge is -2.40. The van der Waals surface area contributed by atoms with Crippen molar-refractivity contribution in [3.63, 3.8) is 0 Å². The zero-order chi connectivity index (χ0) is 32.5. The Morgan fingerprint density at radius 3 is 2.42 bits per heavy atom. The van der Waals surface area contributed by atoms with E-state index in [1.807, 2.05) is 11.8 Å². The topological polar surface area (TPSA) is 64.0 Å². The number of piperazine rings is 1. The van der Waals surface area contributed by atoms with E-state index < -0.39 is 29.2 Å². The summed E-state index contributed by atoms with van der Waals surface area (Å²) in [6, 6.07) is 16.4. The van der Waals surface area contributed by atoms with Crippen LogP contribution in [0.2, 0.25) is 5.02 Å². The summed E-state index contributed by atoms with van der Waals surface area (Å²) in [6.07, 6.45) is -5.50. The maximum absolute atomic E-state index is 14.7. The van der Waals surface area contributed by atoms with E-state index in [1.54, 1.807) is 73.3 Å². The van der Waals surface area contributed by atoms with Gasteiger partial charge in [0.05, 0.1) is 17.4 Å². The van der Waals surface area contributed by atoms with Crippen molar-refractivity contribution in [1.82, 2.24) is 14.4 Å². The van der Waals surface area contributed by atoms with E-state index >= 15 is 0 Å². The minimum Gasteiger partial charge on any atom is -0.489 e. The van der Waals surface area contributed by atoms with Crippen LogP contribution in [0.4, 0.5) is 17.6 Å². The van der Waals surface area contributed by atoms with Crippen LogP contribution in [0.1, 0.15) is 32.0 Å². The van der Waals surface area contributed by atoms with E-state index in [1.165, 1.54) is 4.57 Å². The number of hydrogen-bond acceptors (Lipinski definition) is 5. The average Bonchev–Trinajstić information content (AvgIpc) is 2.97. The first-order valence-corrected chi connectivity index (χ1v) is 14.8. The smallest absolute Gasteiger partial charge is 0.419 e. The van der Waals surface area contributed by atoms with Crippen LogP contribution in [0.15, 0.2) is 71.5 Å². The third kappa shape index (κ3) is 7.26. The molecule has 1 aliphatic rings. The van der Waals surface area contributed by atoms with Crippen LogP contribution in [-0.4, -0.2) is 58.7 Å². The first kappa shape index (κ1) is 32.3. The van der Waals surface area contributed by atoms with Gasteiger partial charge in [-0.3, -0.25) is 19.1 Å². The second kappa shape index (κ2) is 13.1. The molecule has 1 aromatic heterocycles. The molecule has 45 heavy (non-hydrogen) atoms. The molecule has 0 N–H and O–H groups in total. The summed E-state index contributed by atoms with van der Waals surface area (Å²) in [5, 5.41) is 1.46. The van der Waals surface area contributed by atoms with Crippen molar-refractivity contribution in [1.29, 1.82) is 0 Å². The Morgan fingerprint density at radius 1 is 1.04 bits per heavy atom. The number of fused-ring (bicyclic) bond motifs is 1. The molecular weight excluding hydrogens is 614 g/mol. The normalized spacial score (nSPS) is 15.9. The predicted octanol–water partition coefficient (Wildman–Crippen LogP) is 6.70. The minimum atomic E-state index is -5.00. The van der Waals surface area contributed by atoms with Crippen LogP contribution in [0.3, 0.4) is 0 Å². The van der Waals surface area contributed by atoms with Crippen LogP contribution < -0.4 is 15.0 Å². The Morgan fingerprint density at radius 2 is 1.76 bits per heavy atom. The number of pyridine rings is 1. The number of ether oxygens (including phenoxy) is 2. The second-order valence-electron chi connectivity index (χ2n) is 11.2. The molecule has 0 radical (unpaired) electrons. The molecule has 0 unspecified atom stereocenters. The number of carbonyl (C=O) groups is 1. The summed E-state index contributed by atoms with van der Waals surface area (Å²) >= 11 is 5.90. The Labute approximate surface area is 262 Å². The zero-order valence-corrected chi connectivity index (χ0v) is 25.7. The van der Waals surface area contributed by atoms with Gasteiger partial charge in [-0.15, -0.1) is 0 Å². The number of halogens is 5. The molecule has 0 saturated carbocycles. The fourth-order valence-corrected chi connectivity index (χ4v) is 5.53. The number of nitrogens with zero attached hydrogens (tertiary/aromatic N) is 3. The maximum Gasteiger partial charge on any atom is 0.419 e. The van der Waals surface area contributed by atoms with Gasteiger partial charge in [-0.2, -0.15) is 13.2 Å². The highest BCUT2D eigenvalue weighted by molar-refractivity contribution is 6.30. The lowest BCUT2D eigenvalue weighted by Crippen LogP contribution is -2.54. The largest absolute Gasteiger partial charge is 0.489 e. The summed E-state index contributed by atoms with van der Waals surface area (Å²) in [5.74, 6) is -1.35. The number of benzene rings is 3. The van der Waals surface area contributed by atoms with E-state index in [0.29, 0.717) is 59.0 Å². The van der Waals surface area contributed by atoms with Crippen LogP contribution in [0, 0.1) is 5.82 Å². The van der Waals surface area contributed by atoms with E-state index in [4.69, 9.17) is 21.1 Å². The number of aromatic nitrogens is 1. The molecule has 1 fully saturated rings. The fraction of sp³-hybridized carbons (Fsp3) is 0.333. The van der Waals surface area contributed by atoms with E-state index in [0.717, 1.165) is 0 Å². The molecule has 4 aromatic rings. The maximum atomic E-state index is 14.7. The molecule has 7 nitrogen and oxygen atoms in total. The molecule has 2 heterocycles. The fourth-order valence-electron chi connectivity index (χ4n) is 5.41. The number of amides is 1. The highest BCUT2D eigenvalue weighted by atomic mass is 35.5. The third-order valence-electron chi connectivity index (χ3n) is 7.62. The monoisotopic (exact) mass is 645 g/mol. The summed E-state index contributed by atoms with van der Waals surface area (Å²) in [6.45, 7) is 6.45. The van der Waals surface area contributed by atoms with Crippen molar-refractivity contribution >= 4 is 28.3 Å². The molecule has 5 rings (SSSR count). The van der Waals surface area contributed by atoms with Gasteiger partial charge in [-0.1, -0.05) is 29.8 Å². The lowest BCUT2D eigenvalue weighted by atomic mass is 10.1. The van der Waals surface area contributed by atoms with Gasteiger partial charge in [0.1, 0.15) is 17.3 Å². The molecule has 3 aromatic carbocycles. The Balaban J connectivity index is 1.47. The van der Waals surface area contributed by atoms with E-state index in [2.05, 4.69) is 0 Å². The van der Waals surface area contributed by atoms with Gasteiger partial charge in [0.25, 0.3) is 11.5 Å². The standard InChI is InChI=1S/C33H32ClF4N3O4/c1-20(2)45-30-16-28(35)27(33(36,37)38)15-29(30)41-24(14-22-6-4-5-7-26(22)32(41)43)18-39-12-13-40(17-21(39)3)31(42)19-44-25-10-8-23(34)9-11-25/h4-11,14-16,20-21H,12-13,17-19H2,1-3H3/t21-/m0/s1. The van der Waals surface area contributed by atoms with Gasteiger partial charge in [0, 0.05) is 54.4 Å². The molecule has 0 bridgehead atoms. The van der Waals surface area contributed by atoms with Crippen LogP contribution >= 0.6 is 11.6 Å². The molecule has 0 spiro atoms. The lowest BCUT2D eigenvalue weighted by molar-refractivity contribution is -0.140. The number of rotatable bonds is 8. The molecule has 1 aliphatic heterocycles. The number of alkyl halides is 3. The van der Waals surface area contributed by atoms with Gasteiger partial charge in [-0.05, 0) is 68.6 Å². The Hall–Kier alpha value is -4.09. The highest BCUT2D eigenvalue weighted by Gasteiger charge is 2.36. The molecule has 1 amide bonds. The first-order chi connectivity index (χ1) is 21.3. The van der Waals surface area contributed by atoms with Gasteiger partial charge in [-0.25, -0.2) is 4.39 Å². The molecule has 0 aliphatic carbocycles. The SMILES string of the molecule is CC(C)Oc1cc(F)c(C(F)(F)F)cc1-n1c(CN2CCN(C(=O)COc3ccc(Cl)cc3)C[C@@H]2C)cc2ccccc2c1=O. The van der Waals surface area contributed by atoms with Crippen molar-refractivity contribution in [2.45, 2.75) is 45.6 Å². The average molecular weight is 646 g/mol. The number of hydrogen-bond donors (Lipinski definition) is 0. The predicted molar refractivity (Wildman–Crippen MR) is 164 cm³/mol. The quantitative estimate of drug-likeness (QED) is 0.200. The zero-order valence-electron chi connectivity index (χ0n) is 24.9. The van der Waals surface area contributed by atoms with Gasteiger partial charge < -0.3 is 14.4 Å². The van der Waals surface area contributed by atoms with Crippen molar-refractivity contribution < 1.29 is 31.8 Å². The molecule has 12 heteroatoms. The Bertz CT molecular complexity index is 1760. The van der Waals surface area contributed by atoms with Crippen LogP contribution in [0.5, 0.6) is 11.5 Å². The Kier molecular flexibility index (Phi) is 9.41. The summed E-state index contributed by atoms with van der Waals surface area (Å²) in [7, 11) is 0. The molecular formula is C33H32ClF4N3O4. The molecule has 1 saturated heterocycles. The number of carbonyl (C=O) groups excluding carboxylic acids is 1. The highest BCUT2D eigenvalue weighted by Crippen LogP contribution is 2.37. The van der Waals surface area contributed by atoms with Gasteiger partial charge >= 0.3 is 6.18 Å². The second-order valence-corrected chi connectivity index (χ2v) is 11.7. The molecule has 238 valence electrons. The third-order valence-corrected chi connectivity index (χ3v) is 7.87. The van der Waals surface area contributed by atoms with E-state index in [9.17, 15) is 27.2 Å². The van der Waals surface area contributed by atoms with Gasteiger partial charge in [0.2, 0.25) is 0 Å². The summed E-state index contributed by atoms with van der Waals surface area (Å²) in [4.78, 5) is 30.6. The van der Waals surface area contributed by atoms with Crippen LogP contribution in [-0.2, 0) is 17.5 Å². The van der Waals surface area contributed by atoms with Gasteiger partial charge in [0.15, 0.2) is 6.61 Å².